The molecule has 2 aromatic heterocycles. The van der Waals surface area contributed by atoms with Crippen LogP contribution in [0.25, 0.3) is 0 Å². The van der Waals surface area contributed by atoms with Gasteiger partial charge in [0.1, 0.15) is 12.4 Å². The number of amides is 2. The zero-order valence-electron chi connectivity index (χ0n) is 15.7. The number of benzene rings is 1. The van der Waals surface area contributed by atoms with Crippen LogP contribution in [0.4, 0.5) is 5.69 Å². The molecule has 28 heavy (non-hydrogen) atoms. The van der Waals surface area contributed by atoms with Crippen molar-refractivity contribution < 1.29 is 9.59 Å². The van der Waals surface area contributed by atoms with Crippen molar-refractivity contribution in [3.63, 3.8) is 0 Å². The molecule has 1 N–H and O–H groups in total. The van der Waals surface area contributed by atoms with Crippen LogP contribution in [-0.4, -0.2) is 49.4 Å². The molecule has 1 aromatic carbocycles. The maximum atomic E-state index is 12.8. The fourth-order valence-electron chi connectivity index (χ4n) is 3.34. The van der Waals surface area contributed by atoms with E-state index in [1.807, 2.05) is 43.6 Å². The predicted octanol–water partition coefficient (Wildman–Crippen LogP) is 0.767. The fourth-order valence-corrected chi connectivity index (χ4v) is 3.34. The Morgan fingerprint density at radius 2 is 2.00 bits per heavy atom. The van der Waals surface area contributed by atoms with Crippen LogP contribution in [0.15, 0.2) is 42.9 Å². The van der Waals surface area contributed by atoms with Crippen molar-refractivity contribution in [1.82, 2.24) is 29.9 Å². The highest BCUT2D eigenvalue weighted by molar-refractivity contribution is 6.01. The molecule has 0 saturated carbocycles. The van der Waals surface area contributed by atoms with Gasteiger partial charge in [-0.2, -0.15) is 5.10 Å². The lowest BCUT2D eigenvalue weighted by Gasteiger charge is -2.20. The summed E-state index contributed by atoms with van der Waals surface area (Å²) in [6, 6.07) is 9.15. The molecule has 2 amide bonds. The molecule has 4 rings (SSSR count). The smallest absolute Gasteiger partial charge is 0.291 e. The zero-order chi connectivity index (χ0) is 19.7. The van der Waals surface area contributed by atoms with Gasteiger partial charge in [0.05, 0.1) is 17.9 Å². The van der Waals surface area contributed by atoms with Crippen LogP contribution in [0.1, 0.15) is 28.3 Å². The number of nitrogens with zero attached hydrogens (tertiary/aromatic N) is 6. The van der Waals surface area contributed by atoms with Gasteiger partial charge in [-0.15, -0.1) is 5.10 Å². The van der Waals surface area contributed by atoms with Gasteiger partial charge in [-0.25, -0.2) is 9.67 Å². The van der Waals surface area contributed by atoms with E-state index < -0.39 is 11.9 Å². The van der Waals surface area contributed by atoms with Crippen molar-refractivity contribution in [2.45, 2.75) is 25.4 Å². The van der Waals surface area contributed by atoms with Gasteiger partial charge in [0.25, 0.3) is 5.91 Å². The van der Waals surface area contributed by atoms with E-state index in [1.54, 1.807) is 21.3 Å². The Balaban J connectivity index is 1.44. The van der Waals surface area contributed by atoms with Crippen LogP contribution >= 0.6 is 0 Å². The number of hydrogen-bond acceptors (Lipinski definition) is 5. The number of carbonyl (C=O) groups is 2. The van der Waals surface area contributed by atoms with E-state index in [0.717, 1.165) is 16.9 Å². The van der Waals surface area contributed by atoms with Crippen molar-refractivity contribution >= 4 is 17.5 Å². The molecule has 3 aromatic rings. The number of fused-ring (bicyclic) bond motifs is 1. The Morgan fingerprint density at radius 1 is 1.21 bits per heavy atom. The molecular formula is C19H21N7O2. The maximum absolute atomic E-state index is 12.8. The average molecular weight is 379 g/mol. The second-order valence-electron chi connectivity index (χ2n) is 6.85. The van der Waals surface area contributed by atoms with E-state index in [-0.39, 0.29) is 11.7 Å². The number of anilines is 1. The minimum Gasteiger partial charge on any atom is -0.337 e. The summed E-state index contributed by atoms with van der Waals surface area (Å²) in [5.41, 5.74) is 2.68. The van der Waals surface area contributed by atoms with Crippen LogP contribution in [0.5, 0.6) is 0 Å². The first-order chi connectivity index (χ1) is 13.5. The van der Waals surface area contributed by atoms with Gasteiger partial charge in [0, 0.05) is 20.3 Å². The number of rotatable bonds is 4. The number of hydrogen-bond donors (Lipinski definition) is 1. The first-order valence-electron chi connectivity index (χ1n) is 9.05. The topological polar surface area (TPSA) is 97.9 Å². The van der Waals surface area contributed by atoms with E-state index in [0.29, 0.717) is 19.4 Å². The standard InChI is InChI=1S/C19H21N7O2/c1-24-11-16-14(22-24)8-9-15(19(28)25(16)2)21-18(27)17-20-12-26(23-17)10-13-6-4-3-5-7-13/h3-7,11-12,15H,8-10H2,1-2H3,(H,21,27). The highest BCUT2D eigenvalue weighted by atomic mass is 16.2. The van der Waals surface area contributed by atoms with Crippen LogP contribution < -0.4 is 10.2 Å². The minimum absolute atomic E-state index is 0.0483. The predicted molar refractivity (Wildman–Crippen MR) is 102 cm³/mol. The van der Waals surface area contributed by atoms with E-state index in [1.165, 1.54) is 6.33 Å². The molecule has 1 aliphatic rings. The minimum atomic E-state index is -0.641. The molecule has 9 nitrogen and oxygen atoms in total. The first kappa shape index (κ1) is 17.9. The summed E-state index contributed by atoms with van der Waals surface area (Å²) in [7, 11) is 3.52. The average Bonchev–Trinajstić information content (AvgIpc) is 3.28. The molecule has 1 atom stereocenters. The lowest BCUT2D eigenvalue weighted by Crippen LogP contribution is -2.47. The summed E-state index contributed by atoms with van der Waals surface area (Å²) in [6.45, 7) is 0.522. The Morgan fingerprint density at radius 3 is 2.79 bits per heavy atom. The van der Waals surface area contributed by atoms with E-state index in [2.05, 4.69) is 20.5 Å². The van der Waals surface area contributed by atoms with Gasteiger partial charge in [-0.05, 0) is 18.4 Å². The third-order valence-corrected chi connectivity index (χ3v) is 4.78. The summed E-state index contributed by atoms with van der Waals surface area (Å²) in [5, 5.41) is 11.4. The lowest BCUT2D eigenvalue weighted by molar-refractivity contribution is -0.120. The molecule has 3 heterocycles. The molecule has 0 fully saturated rings. The van der Waals surface area contributed by atoms with Crippen LogP contribution in [-0.2, 0) is 24.8 Å². The molecule has 0 spiro atoms. The van der Waals surface area contributed by atoms with E-state index in [4.69, 9.17) is 0 Å². The third-order valence-electron chi connectivity index (χ3n) is 4.78. The molecule has 0 aliphatic carbocycles. The fraction of sp³-hybridized carbons (Fsp3) is 0.316. The van der Waals surface area contributed by atoms with Crippen molar-refractivity contribution in [3.05, 3.63) is 59.9 Å². The number of likely N-dealkylation sites (N-methyl/N-ethyl adjacent to an activating group) is 1. The SMILES string of the molecule is CN1C(=O)C(NC(=O)c2ncn(Cc3ccccc3)n2)CCc2nn(C)cc21. The Hall–Kier alpha value is -3.49. The summed E-state index contributed by atoms with van der Waals surface area (Å²) >= 11 is 0. The summed E-state index contributed by atoms with van der Waals surface area (Å²) in [4.78, 5) is 31.0. The number of nitrogens with one attached hydrogen (secondary N) is 1. The monoisotopic (exact) mass is 379 g/mol. The second kappa shape index (κ2) is 7.26. The van der Waals surface area contributed by atoms with Crippen molar-refractivity contribution in [1.29, 1.82) is 0 Å². The first-order valence-corrected chi connectivity index (χ1v) is 9.05. The van der Waals surface area contributed by atoms with Gasteiger partial charge in [-0.1, -0.05) is 30.3 Å². The van der Waals surface area contributed by atoms with Crippen LogP contribution in [0, 0.1) is 0 Å². The Kier molecular flexibility index (Phi) is 4.64. The molecule has 144 valence electrons. The Bertz CT molecular complexity index is 1010. The molecular weight excluding hydrogens is 358 g/mol. The number of aryl methyl sites for hydroxylation is 2. The van der Waals surface area contributed by atoms with Crippen LogP contribution in [0.3, 0.4) is 0 Å². The lowest BCUT2D eigenvalue weighted by atomic mass is 10.1. The van der Waals surface area contributed by atoms with Crippen molar-refractivity contribution in [3.8, 4) is 0 Å². The molecule has 0 bridgehead atoms. The van der Waals surface area contributed by atoms with Gasteiger partial charge < -0.3 is 10.2 Å². The number of aromatic nitrogens is 5. The molecule has 0 saturated heterocycles. The van der Waals surface area contributed by atoms with Gasteiger partial charge in [0.15, 0.2) is 0 Å². The zero-order valence-corrected chi connectivity index (χ0v) is 15.7. The van der Waals surface area contributed by atoms with Crippen LogP contribution in [0.2, 0.25) is 0 Å². The molecule has 1 unspecified atom stereocenters. The highest BCUT2D eigenvalue weighted by Crippen LogP contribution is 2.24. The van der Waals surface area contributed by atoms with Crippen molar-refractivity contribution in [2.24, 2.45) is 7.05 Å². The largest absolute Gasteiger partial charge is 0.337 e. The Labute approximate surface area is 162 Å². The second-order valence-corrected chi connectivity index (χ2v) is 6.85. The quantitative estimate of drug-likeness (QED) is 0.722. The summed E-state index contributed by atoms with van der Waals surface area (Å²) < 4.78 is 3.29. The number of carbonyl (C=O) groups excluding carboxylic acids is 2. The highest BCUT2D eigenvalue weighted by Gasteiger charge is 2.31. The summed E-state index contributed by atoms with van der Waals surface area (Å²) in [5.74, 6) is -0.588. The third kappa shape index (κ3) is 3.51. The van der Waals surface area contributed by atoms with Crippen molar-refractivity contribution in [2.75, 3.05) is 11.9 Å². The molecule has 9 heteroatoms. The molecule has 0 radical (unpaired) electrons. The maximum Gasteiger partial charge on any atom is 0.291 e. The van der Waals surface area contributed by atoms with E-state index in [9.17, 15) is 9.59 Å². The van der Waals surface area contributed by atoms with E-state index >= 15 is 0 Å². The molecule has 1 aliphatic heterocycles. The van der Waals surface area contributed by atoms with Gasteiger partial charge in [0.2, 0.25) is 11.7 Å². The van der Waals surface area contributed by atoms with Gasteiger partial charge in [-0.3, -0.25) is 14.3 Å². The normalized spacial score (nSPS) is 16.6. The summed E-state index contributed by atoms with van der Waals surface area (Å²) in [6.07, 6.45) is 4.41. The van der Waals surface area contributed by atoms with Gasteiger partial charge >= 0.3 is 0 Å².